The van der Waals surface area contributed by atoms with E-state index in [9.17, 15) is 9.59 Å². The Labute approximate surface area is 143 Å². The zero-order chi connectivity index (χ0) is 17.4. The SMILES string of the molecule is COc1ccc(-c2ccccc2Cl)c2c(C(N)=O)c(C(C)=O)oc12. The molecule has 0 atom stereocenters. The molecule has 0 aliphatic carbocycles. The van der Waals surface area contributed by atoms with Crippen LogP contribution in [-0.4, -0.2) is 18.8 Å². The minimum absolute atomic E-state index is 0.0336. The molecule has 1 amide bonds. The highest BCUT2D eigenvalue weighted by Crippen LogP contribution is 2.41. The van der Waals surface area contributed by atoms with E-state index >= 15 is 0 Å². The van der Waals surface area contributed by atoms with Gasteiger partial charge in [0.25, 0.3) is 5.91 Å². The van der Waals surface area contributed by atoms with Crippen LogP contribution in [0.3, 0.4) is 0 Å². The number of furan rings is 1. The molecular weight excluding hydrogens is 330 g/mol. The molecule has 2 N–H and O–H groups in total. The Kier molecular flexibility index (Phi) is 4.03. The van der Waals surface area contributed by atoms with Crippen molar-refractivity contribution < 1.29 is 18.7 Å². The summed E-state index contributed by atoms with van der Waals surface area (Å²) < 4.78 is 10.9. The van der Waals surface area contributed by atoms with Crippen LogP contribution in [0.25, 0.3) is 22.1 Å². The van der Waals surface area contributed by atoms with Crippen LogP contribution in [0.2, 0.25) is 5.02 Å². The summed E-state index contributed by atoms with van der Waals surface area (Å²) in [5, 5.41) is 0.921. The standard InChI is InChI=1S/C18H14ClNO4/c1-9(21)16-15(18(20)22)14-11(10-5-3-4-6-12(10)19)7-8-13(23-2)17(14)24-16/h3-8H,1-2H3,(H2,20,22). The summed E-state index contributed by atoms with van der Waals surface area (Å²) in [4.78, 5) is 23.9. The number of primary amides is 1. The van der Waals surface area contributed by atoms with Crippen molar-refractivity contribution in [3.05, 3.63) is 52.7 Å². The Balaban J connectivity index is 2.50. The van der Waals surface area contributed by atoms with Gasteiger partial charge in [0.15, 0.2) is 22.9 Å². The molecule has 5 nitrogen and oxygen atoms in total. The number of ketones is 1. The molecule has 0 aliphatic rings. The summed E-state index contributed by atoms with van der Waals surface area (Å²) in [7, 11) is 1.48. The van der Waals surface area contributed by atoms with Crippen molar-refractivity contribution in [2.75, 3.05) is 7.11 Å². The van der Waals surface area contributed by atoms with Gasteiger partial charge in [0, 0.05) is 22.9 Å². The van der Waals surface area contributed by atoms with Crippen LogP contribution >= 0.6 is 11.6 Å². The number of hydrogen-bond acceptors (Lipinski definition) is 4. The first-order chi connectivity index (χ1) is 11.5. The van der Waals surface area contributed by atoms with Crippen LogP contribution in [0, 0.1) is 0 Å². The summed E-state index contributed by atoms with van der Waals surface area (Å²) in [6.07, 6.45) is 0. The highest BCUT2D eigenvalue weighted by atomic mass is 35.5. The van der Waals surface area contributed by atoms with Gasteiger partial charge >= 0.3 is 0 Å². The Morgan fingerprint density at radius 3 is 2.42 bits per heavy atom. The quantitative estimate of drug-likeness (QED) is 0.724. The lowest BCUT2D eigenvalue weighted by atomic mass is 9.97. The van der Waals surface area contributed by atoms with Gasteiger partial charge in [-0.1, -0.05) is 29.8 Å². The number of fused-ring (bicyclic) bond motifs is 1. The van der Waals surface area contributed by atoms with E-state index in [1.807, 2.05) is 12.1 Å². The van der Waals surface area contributed by atoms with Crippen molar-refractivity contribution in [3.8, 4) is 16.9 Å². The monoisotopic (exact) mass is 343 g/mol. The molecule has 0 aliphatic heterocycles. The Bertz CT molecular complexity index is 975. The topological polar surface area (TPSA) is 82.5 Å². The first kappa shape index (κ1) is 16.1. The summed E-state index contributed by atoms with van der Waals surface area (Å²) in [5.74, 6) is -0.834. The van der Waals surface area contributed by atoms with Crippen molar-refractivity contribution in [2.45, 2.75) is 6.92 Å². The fraction of sp³-hybridized carbons (Fsp3) is 0.111. The average molecular weight is 344 g/mol. The number of nitrogens with two attached hydrogens (primary N) is 1. The van der Waals surface area contributed by atoms with E-state index in [1.165, 1.54) is 14.0 Å². The molecule has 0 spiro atoms. The summed E-state index contributed by atoms with van der Waals surface area (Å²) in [5.41, 5.74) is 7.17. The molecule has 1 heterocycles. The lowest BCUT2D eigenvalue weighted by Crippen LogP contribution is -2.14. The number of halogens is 1. The average Bonchev–Trinajstić information content (AvgIpc) is 2.96. The molecule has 24 heavy (non-hydrogen) atoms. The third-order valence-corrected chi connectivity index (χ3v) is 4.08. The molecule has 0 radical (unpaired) electrons. The van der Waals surface area contributed by atoms with Gasteiger partial charge in [-0.25, -0.2) is 0 Å². The predicted molar refractivity (Wildman–Crippen MR) is 91.7 cm³/mol. The maximum absolute atomic E-state index is 12.0. The van der Waals surface area contributed by atoms with Crippen LogP contribution in [0.15, 0.2) is 40.8 Å². The zero-order valence-corrected chi connectivity index (χ0v) is 13.8. The van der Waals surface area contributed by atoms with Gasteiger partial charge in [-0.05, 0) is 23.8 Å². The Morgan fingerprint density at radius 1 is 1.12 bits per heavy atom. The smallest absolute Gasteiger partial charge is 0.253 e. The molecule has 6 heteroatoms. The van der Waals surface area contributed by atoms with Crippen LogP contribution in [0.4, 0.5) is 0 Å². The van der Waals surface area contributed by atoms with Crippen LogP contribution in [-0.2, 0) is 0 Å². The molecule has 2 aromatic carbocycles. The fourth-order valence-corrected chi connectivity index (χ4v) is 2.97. The number of Topliss-reactive ketones (excluding diaryl/α,β-unsaturated/α-hetero) is 1. The lowest BCUT2D eigenvalue weighted by molar-refractivity contribution is 0.0958. The minimum atomic E-state index is -0.750. The van der Waals surface area contributed by atoms with Crippen molar-refractivity contribution >= 4 is 34.3 Å². The zero-order valence-electron chi connectivity index (χ0n) is 13.1. The van der Waals surface area contributed by atoms with E-state index in [-0.39, 0.29) is 16.9 Å². The fourth-order valence-electron chi connectivity index (χ4n) is 2.73. The van der Waals surface area contributed by atoms with E-state index in [2.05, 4.69) is 0 Å². The molecule has 3 aromatic rings. The lowest BCUT2D eigenvalue weighted by Gasteiger charge is -2.09. The van der Waals surface area contributed by atoms with E-state index in [0.717, 1.165) is 0 Å². The second-order valence-electron chi connectivity index (χ2n) is 5.23. The Morgan fingerprint density at radius 2 is 1.83 bits per heavy atom. The Hall–Kier alpha value is -2.79. The van der Waals surface area contributed by atoms with Gasteiger partial charge < -0.3 is 14.9 Å². The number of carbonyl (C=O) groups is 2. The van der Waals surface area contributed by atoms with E-state index in [1.54, 1.807) is 24.3 Å². The van der Waals surface area contributed by atoms with Gasteiger partial charge in [0.05, 0.1) is 12.7 Å². The van der Waals surface area contributed by atoms with Crippen molar-refractivity contribution in [2.24, 2.45) is 5.73 Å². The normalized spacial score (nSPS) is 10.8. The molecule has 0 bridgehead atoms. The maximum Gasteiger partial charge on any atom is 0.253 e. The number of rotatable bonds is 4. The highest BCUT2D eigenvalue weighted by Gasteiger charge is 2.27. The first-order valence-corrected chi connectivity index (χ1v) is 7.52. The number of ether oxygens (including phenoxy) is 1. The molecule has 3 rings (SSSR count). The van der Waals surface area contributed by atoms with Gasteiger partial charge in [-0.2, -0.15) is 0 Å². The van der Waals surface area contributed by atoms with Crippen molar-refractivity contribution in [3.63, 3.8) is 0 Å². The number of benzene rings is 2. The molecule has 122 valence electrons. The summed E-state index contributed by atoms with van der Waals surface area (Å²) >= 11 is 6.29. The third-order valence-electron chi connectivity index (χ3n) is 3.75. The predicted octanol–water partition coefficient (Wildman–Crippen LogP) is 4.06. The van der Waals surface area contributed by atoms with Gasteiger partial charge in [-0.15, -0.1) is 0 Å². The van der Waals surface area contributed by atoms with E-state index in [0.29, 0.717) is 27.3 Å². The number of methoxy groups -OCH3 is 1. The number of carbonyl (C=O) groups excluding carboxylic acids is 2. The van der Waals surface area contributed by atoms with Gasteiger partial charge in [0.1, 0.15) is 0 Å². The second kappa shape index (κ2) is 6.02. The van der Waals surface area contributed by atoms with Crippen LogP contribution in [0.5, 0.6) is 5.75 Å². The molecule has 0 fully saturated rings. The number of amides is 1. The van der Waals surface area contributed by atoms with Crippen molar-refractivity contribution in [1.82, 2.24) is 0 Å². The molecule has 0 unspecified atom stereocenters. The van der Waals surface area contributed by atoms with Crippen LogP contribution in [0.1, 0.15) is 27.8 Å². The summed E-state index contributed by atoms with van der Waals surface area (Å²) in [6, 6.07) is 10.6. The van der Waals surface area contributed by atoms with Gasteiger partial charge in [0.2, 0.25) is 0 Å². The first-order valence-electron chi connectivity index (χ1n) is 7.14. The molecule has 0 saturated carbocycles. The number of hydrogen-bond donors (Lipinski definition) is 1. The van der Waals surface area contributed by atoms with E-state index in [4.69, 9.17) is 26.5 Å². The van der Waals surface area contributed by atoms with E-state index < -0.39 is 11.7 Å². The minimum Gasteiger partial charge on any atom is -0.493 e. The second-order valence-corrected chi connectivity index (χ2v) is 5.63. The molecule has 0 saturated heterocycles. The summed E-state index contributed by atoms with van der Waals surface area (Å²) in [6.45, 7) is 1.31. The molecule has 1 aromatic heterocycles. The maximum atomic E-state index is 12.0. The van der Waals surface area contributed by atoms with Crippen molar-refractivity contribution in [1.29, 1.82) is 0 Å². The molecular formula is C18H14ClNO4. The van der Waals surface area contributed by atoms with Gasteiger partial charge in [-0.3, -0.25) is 9.59 Å². The highest BCUT2D eigenvalue weighted by molar-refractivity contribution is 6.34. The largest absolute Gasteiger partial charge is 0.493 e. The third kappa shape index (κ3) is 2.43. The van der Waals surface area contributed by atoms with Crippen LogP contribution < -0.4 is 10.5 Å².